The van der Waals surface area contributed by atoms with Crippen LogP contribution in [-0.4, -0.2) is 17.9 Å². The molecule has 0 aromatic heterocycles. The van der Waals surface area contributed by atoms with Gasteiger partial charge in [0.15, 0.2) is 5.78 Å². The maximum atomic E-state index is 13.0. The van der Waals surface area contributed by atoms with Crippen LogP contribution in [0.2, 0.25) is 0 Å². The van der Waals surface area contributed by atoms with E-state index in [1.54, 1.807) is 18.2 Å². The van der Waals surface area contributed by atoms with Crippen molar-refractivity contribution in [3.63, 3.8) is 0 Å². The van der Waals surface area contributed by atoms with Crippen molar-refractivity contribution in [1.29, 1.82) is 0 Å². The minimum atomic E-state index is -4.58. The Labute approximate surface area is 130 Å². The van der Waals surface area contributed by atoms with Gasteiger partial charge in [-0.3, -0.25) is 4.79 Å². The summed E-state index contributed by atoms with van der Waals surface area (Å²) < 4.78 is 44.0. The number of halogens is 3. The molecule has 0 amide bonds. The number of ketones is 1. The highest BCUT2D eigenvalue weighted by Gasteiger charge is 2.34. The summed E-state index contributed by atoms with van der Waals surface area (Å²) in [4.78, 5) is 12.3. The Bertz CT molecular complexity index is 758. The molecule has 2 aromatic carbocycles. The number of carbonyl (C=O) groups excluding carboxylic acids is 1. The number of rotatable bonds is 3. The molecule has 0 radical (unpaired) electrons. The number of alkyl halides is 3. The molecule has 2 aromatic rings. The average molecular weight is 320 g/mol. The number of hydrogen-bond donors (Lipinski definition) is 1. The second-order valence-electron chi connectivity index (χ2n) is 5.34. The molecular formula is C16H12BF3O3. The van der Waals surface area contributed by atoms with E-state index < -0.39 is 24.6 Å². The highest BCUT2D eigenvalue weighted by Crippen LogP contribution is 2.32. The van der Waals surface area contributed by atoms with E-state index >= 15 is 0 Å². The van der Waals surface area contributed by atoms with Gasteiger partial charge in [-0.2, -0.15) is 13.2 Å². The standard InChI is InChI=1S/C16H12BF3O3/c18-16(19,20)13-4-2-1-3-12(13)15(21)8-10-5-6-11-9-23-17(22)14(11)7-10/h1-7,22H,8-9H2. The fourth-order valence-electron chi connectivity index (χ4n) is 2.63. The molecule has 1 N–H and O–H groups in total. The van der Waals surface area contributed by atoms with E-state index in [1.807, 2.05) is 0 Å². The van der Waals surface area contributed by atoms with Crippen LogP contribution in [0, 0.1) is 0 Å². The van der Waals surface area contributed by atoms with Crippen molar-refractivity contribution in [3.8, 4) is 0 Å². The lowest BCUT2D eigenvalue weighted by atomic mass is 9.78. The van der Waals surface area contributed by atoms with E-state index in [9.17, 15) is 23.0 Å². The van der Waals surface area contributed by atoms with Crippen LogP contribution >= 0.6 is 0 Å². The first kappa shape index (κ1) is 15.8. The van der Waals surface area contributed by atoms with Crippen molar-refractivity contribution < 1.29 is 27.6 Å². The average Bonchev–Trinajstić information content (AvgIpc) is 2.87. The van der Waals surface area contributed by atoms with Crippen molar-refractivity contribution in [3.05, 3.63) is 64.7 Å². The quantitative estimate of drug-likeness (QED) is 0.698. The van der Waals surface area contributed by atoms with Crippen LogP contribution in [0.3, 0.4) is 0 Å². The zero-order chi connectivity index (χ0) is 16.6. The van der Waals surface area contributed by atoms with E-state index in [0.29, 0.717) is 11.0 Å². The van der Waals surface area contributed by atoms with Gasteiger partial charge in [0.1, 0.15) is 0 Å². The molecule has 0 spiro atoms. The second-order valence-corrected chi connectivity index (χ2v) is 5.34. The summed E-state index contributed by atoms with van der Waals surface area (Å²) >= 11 is 0. The molecule has 0 atom stereocenters. The Balaban J connectivity index is 1.88. The lowest BCUT2D eigenvalue weighted by Crippen LogP contribution is -2.28. The molecule has 0 fully saturated rings. The topological polar surface area (TPSA) is 46.5 Å². The van der Waals surface area contributed by atoms with E-state index in [2.05, 4.69) is 0 Å². The van der Waals surface area contributed by atoms with Crippen LogP contribution in [0.25, 0.3) is 0 Å². The Hall–Kier alpha value is -2.12. The van der Waals surface area contributed by atoms with Gasteiger partial charge in [-0.15, -0.1) is 0 Å². The SMILES string of the molecule is O=C(Cc1ccc2c(c1)B(O)OC2)c1ccccc1C(F)(F)F. The molecule has 3 rings (SSSR count). The summed E-state index contributed by atoms with van der Waals surface area (Å²) in [5.41, 5.74) is 0.617. The molecular weight excluding hydrogens is 308 g/mol. The minimum Gasteiger partial charge on any atom is -0.423 e. The number of benzene rings is 2. The number of Topliss-reactive ketones (excluding diaryl/α,β-unsaturated/α-hetero) is 1. The maximum Gasteiger partial charge on any atom is 0.491 e. The monoisotopic (exact) mass is 320 g/mol. The Morgan fingerprint density at radius 1 is 1.22 bits per heavy atom. The van der Waals surface area contributed by atoms with Crippen LogP contribution in [0.4, 0.5) is 13.2 Å². The molecule has 118 valence electrons. The van der Waals surface area contributed by atoms with Gasteiger partial charge < -0.3 is 9.68 Å². The normalized spacial score (nSPS) is 14.0. The van der Waals surface area contributed by atoms with Crippen molar-refractivity contribution in [1.82, 2.24) is 0 Å². The van der Waals surface area contributed by atoms with Crippen molar-refractivity contribution >= 4 is 18.4 Å². The highest BCUT2D eigenvalue weighted by molar-refractivity contribution is 6.61. The molecule has 0 saturated heterocycles. The van der Waals surface area contributed by atoms with Crippen LogP contribution in [0.15, 0.2) is 42.5 Å². The first-order chi connectivity index (χ1) is 10.9. The number of hydrogen-bond acceptors (Lipinski definition) is 3. The van der Waals surface area contributed by atoms with Gasteiger partial charge in [0.25, 0.3) is 0 Å². The zero-order valence-electron chi connectivity index (χ0n) is 11.9. The highest BCUT2D eigenvalue weighted by atomic mass is 19.4. The first-order valence-corrected chi connectivity index (χ1v) is 6.97. The Morgan fingerprint density at radius 2 is 1.96 bits per heavy atom. The second kappa shape index (κ2) is 5.83. The van der Waals surface area contributed by atoms with Crippen molar-refractivity contribution in [2.45, 2.75) is 19.2 Å². The molecule has 7 heteroatoms. The Kier molecular flexibility index (Phi) is 4.00. The molecule has 3 nitrogen and oxygen atoms in total. The zero-order valence-corrected chi connectivity index (χ0v) is 11.9. The summed E-state index contributed by atoms with van der Waals surface area (Å²) in [5.74, 6) is -0.619. The summed E-state index contributed by atoms with van der Waals surface area (Å²) in [5, 5.41) is 9.65. The lowest BCUT2D eigenvalue weighted by Gasteiger charge is -2.12. The predicted octanol–water partition coefficient (Wildman–Crippen LogP) is 2.35. The van der Waals surface area contributed by atoms with E-state index in [4.69, 9.17) is 4.65 Å². The van der Waals surface area contributed by atoms with E-state index in [1.165, 1.54) is 18.2 Å². The third-order valence-electron chi connectivity index (χ3n) is 3.77. The van der Waals surface area contributed by atoms with E-state index in [0.717, 1.165) is 11.6 Å². The third kappa shape index (κ3) is 3.16. The van der Waals surface area contributed by atoms with Crippen LogP contribution in [0.1, 0.15) is 27.0 Å². The molecule has 1 heterocycles. The van der Waals surface area contributed by atoms with Gasteiger partial charge in [0.05, 0.1) is 12.2 Å². The molecule has 1 aliphatic rings. The van der Waals surface area contributed by atoms with Crippen molar-refractivity contribution in [2.24, 2.45) is 0 Å². The minimum absolute atomic E-state index is 0.174. The van der Waals surface area contributed by atoms with Crippen LogP contribution in [-0.2, 0) is 23.9 Å². The number of fused-ring (bicyclic) bond motifs is 1. The largest absolute Gasteiger partial charge is 0.491 e. The van der Waals surface area contributed by atoms with Crippen molar-refractivity contribution in [2.75, 3.05) is 0 Å². The van der Waals surface area contributed by atoms with Crippen LogP contribution < -0.4 is 5.46 Å². The maximum absolute atomic E-state index is 13.0. The predicted molar refractivity (Wildman–Crippen MR) is 78.3 cm³/mol. The molecule has 23 heavy (non-hydrogen) atoms. The summed E-state index contributed by atoms with van der Waals surface area (Å²) in [7, 11) is -1.05. The van der Waals surface area contributed by atoms with Gasteiger partial charge in [-0.1, -0.05) is 36.4 Å². The lowest BCUT2D eigenvalue weighted by molar-refractivity contribution is -0.137. The fraction of sp³-hybridized carbons (Fsp3) is 0.188. The molecule has 0 aliphatic carbocycles. The number of carbonyl (C=O) groups is 1. The van der Waals surface area contributed by atoms with Gasteiger partial charge in [-0.25, -0.2) is 0 Å². The van der Waals surface area contributed by atoms with Gasteiger partial charge >= 0.3 is 13.3 Å². The summed E-state index contributed by atoms with van der Waals surface area (Å²) in [6.45, 7) is 0.279. The summed E-state index contributed by atoms with van der Waals surface area (Å²) in [6, 6.07) is 9.70. The third-order valence-corrected chi connectivity index (χ3v) is 3.77. The van der Waals surface area contributed by atoms with Crippen LogP contribution in [0.5, 0.6) is 0 Å². The van der Waals surface area contributed by atoms with E-state index in [-0.39, 0.29) is 18.6 Å². The molecule has 0 unspecified atom stereocenters. The van der Waals surface area contributed by atoms with Gasteiger partial charge in [0.2, 0.25) is 0 Å². The molecule has 1 aliphatic heterocycles. The first-order valence-electron chi connectivity index (χ1n) is 6.97. The molecule has 0 saturated carbocycles. The molecule has 0 bridgehead atoms. The Morgan fingerprint density at radius 3 is 2.70 bits per heavy atom. The van der Waals surface area contributed by atoms with Gasteiger partial charge in [0, 0.05) is 12.0 Å². The summed E-state index contributed by atoms with van der Waals surface area (Å²) in [6.07, 6.45) is -4.75. The fourth-order valence-corrected chi connectivity index (χ4v) is 2.63. The smallest absolute Gasteiger partial charge is 0.423 e. The van der Waals surface area contributed by atoms with Gasteiger partial charge in [-0.05, 0) is 22.7 Å².